The van der Waals surface area contributed by atoms with Gasteiger partial charge < -0.3 is 0 Å². The summed E-state index contributed by atoms with van der Waals surface area (Å²) in [5.74, 6) is 0. The van der Waals surface area contributed by atoms with Crippen molar-refractivity contribution in [2.45, 2.75) is 23.6 Å². The highest BCUT2D eigenvalue weighted by molar-refractivity contribution is 7.86. The summed E-state index contributed by atoms with van der Waals surface area (Å²) in [6.45, 7) is 1.75. The summed E-state index contributed by atoms with van der Waals surface area (Å²) in [5.41, 5.74) is -2.20. The maximum absolute atomic E-state index is 14.5. The van der Waals surface area contributed by atoms with Gasteiger partial charge in [0.25, 0.3) is 10.1 Å². The molecule has 0 fully saturated rings. The summed E-state index contributed by atoms with van der Waals surface area (Å²) in [4.78, 5) is -0.330. The van der Waals surface area contributed by atoms with Gasteiger partial charge >= 0.3 is 6.18 Å². The second-order valence-electron chi connectivity index (χ2n) is 6.62. The highest BCUT2D eigenvalue weighted by Gasteiger charge is 2.65. The monoisotopic (exact) mass is 404 g/mol. The van der Waals surface area contributed by atoms with Crippen LogP contribution in [0.25, 0.3) is 11.1 Å². The van der Waals surface area contributed by atoms with Gasteiger partial charge in [0.15, 0.2) is 0 Å². The summed E-state index contributed by atoms with van der Waals surface area (Å²) in [6.07, 6.45) is -5.01. The van der Waals surface area contributed by atoms with E-state index in [1.54, 1.807) is 19.1 Å². The number of alkyl halides is 3. The van der Waals surface area contributed by atoms with Crippen molar-refractivity contribution < 1.29 is 25.8 Å². The van der Waals surface area contributed by atoms with Crippen LogP contribution in [0.15, 0.2) is 77.7 Å². The first kappa shape index (κ1) is 18.7. The van der Waals surface area contributed by atoms with E-state index < -0.39 is 21.9 Å². The molecule has 0 amide bonds. The lowest BCUT2D eigenvalue weighted by atomic mass is 9.91. The number of halogens is 3. The SMILES string of the molecule is Cc1ccc(S(=O)(=O)OC2(C(F)(F)F)c3ccccc3-c3ccccc32)cc1. The van der Waals surface area contributed by atoms with Crippen LogP contribution in [0, 0.1) is 6.92 Å². The van der Waals surface area contributed by atoms with Gasteiger partial charge in [-0.05, 0) is 30.2 Å². The molecule has 7 heteroatoms. The molecule has 0 atom stereocenters. The van der Waals surface area contributed by atoms with Crippen molar-refractivity contribution in [3.05, 3.63) is 89.5 Å². The third kappa shape index (κ3) is 2.65. The number of hydrogen-bond acceptors (Lipinski definition) is 3. The van der Waals surface area contributed by atoms with Crippen molar-refractivity contribution in [1.29, 1.82) is 0 Å². The molecule has 4 rings (SSSR count). The summed E-state index contributed by atoms with van der Waals surface area (Å²) in [6, 6.07) is 17.2. The zero-order chi connectivity index (χ0) is 20.2. The Kier molecular flexibility index (Phi) is 4.13. The van der Waals surface area contributed by atoms with Crippen LogP contribution in [-0.2, 0) is 19.9 Å². The Hall–Kier alpha value is -2.64. The van der Waals surface area contributed by atoms with Gasteiger partial charge in [0.1, 0.15) is 0 Å². The van der Waals surface area contributed by atoms with E-state index in [9.17, 15) is 21.6 Å². The first-order valence-corrected chi connectivity index (χ1v) is 9.86. The maximum atomic E-state index is 14.5. The Morgan fingerprint density at radius 1 is 0.786 bits per heavy atom. The minimum atomic E-state index is -5.01. The van der Waals surface area contributed by atoms with Crippen LogP contribution < -0.4 is 0 Å². The molecular weight excluding hydrogens is 389 g/mol. The molecule has 0 aliphatic heterocycles. The van der Waals surface area contributed by atoms with E-state index in [0.29, 0.717) is 11.1 Å². The van der Waals surface area contributed by atoms with Gasteiger partial charge in [-0.15, -0.1) is 0 Å². The Labute approximate surface area is 160 Å². The number of aryl methyl sites for hydroxylation is 1. The normalized spacial score (nSPS) is 15.1. The molecular formula is C21H15F3O3S. The second kappa shape index (κ2) is 6.18. The van der Waals surface area contributed by atoms with Crippen LogP contribution in [0.3, 0.4) is 0 Å². The van der Waals surface area contributed by atoms with E-state index in [-0.39, 0.29) is 16.0 Å². The summed E-state index contributed by atoms with van der Waals surface area (Å²) in [5, 5.41) is 0. The fourth-order valence-electron chi connectivity index (χ4n) is 3.56. The molecule has 144 valence electrons. The van der Waals surface area contributed by atoms with Crippen LogP contribution >= 0.6 is 0 Å². The van der Waals surface area contributed by atoms with E-state index in [1.165, 1.54) is 60.7 Å². The molecule has 0 spiro atoms. The molecule has 0 bridgehead atoms. The molecule has 0 saturated heterocycles. The molecule has 1 aliphatic carbocycles. The van der Waals surface area contributed by atoms with Crippen molar-refractivity contribution in [2.24, 2.45) is 0 Å². The van der Waals surface area contributed by atoms with Gasteiger partial charge in [-0.1, -0.05) is 66.2 Å². The zero-order valence-electron chi connectivity index (χ0n) is 14.7. The van der Waals surface area contributed by atoms with Gasteiger partial charge in [-0.3, -0.25) is 0 Å². The lowest BCUT2D eigenvalue weighted by molar-refractivity contribution is -0.234. The molecule has 28 heavy (non-hydrogen) atoms. The van der Waals surface area contributed by atoms with Gasteiger partial charge in [0.05, 0.1) is 4.90 Å². The van der Waals surface area contributed by atoms with Crippen molar-refractivity contribution in [3.63, 3.8) is 0 Å². The van der Waals surface area contributed by atoms with Crippen LogP contribution in [-0.4, -0.2) is 14.6 Å². The van der Waals surface area contributed by atoms with Crippen molar-refractivity contribution in [3.8, 4) is 11.1 Å². The Morgan fingerprint density at radius 3 is 1.71 bits per heavy atom. The van der Waals surface area contributed by atoms with Crippen LogP contribution in [0.1, 0.15) is 16.7 Å². The van der Waals surface area contributed by atoms with E-state index in [1.807, 2.05) is 0 Å². The molecule has 0 aromatic heterocycles. The van der Waals surface area contributed by atoms with Crippen molar-refractivity contribution in [1.82, 2.24) is 0 Å². The summed E-state index contributed by atoms with van der Waals surface area (Å²) >= 11 is 0. The molecule has 0 radical (unpaired) electrons. The lowest BCUT2D eigenvalue weighted by Gasteiger charge is -2.33. The molecule has 3 aromatic carbocycles. The summed E-state index contributed by atoms with van der Waals surface area (Å²) < 4.78 is 74.3. The minimum absolute atomic E-state index is 0.237. The topological polar surface area (TPSA) is 43.4 Å². The molecule has 0 heterocycles. The first-order chi connectivity index (χ1) is 13.2. The minimum Gasteiger partial charge on any atom is -0.240 e. The fraction of sp³-hybridized carbons (Fsp3) is 0.143. The van der Waals surface area contributed by atoms with Crippen molar-refractivity contribution in [2.75, 3.05) is 0 Å². The number of fused-ring (bicyclic) bond motifs is 3. The molecule has 1 aliphatic rings. The van der Waals surface area contributed by atoms with Gasteiger partial charge in [0, 0.05) is 11.1 Å². The van der Waals surface area contributed by atoms with Crippen LogP contribution in [0.5, 0.6) is 0 Å². The summed E-state index contributed by atoms with van der Waals surface area (Å²) in [7, 11) is -4.71. The van der Waals surface area contributed by atoms with E-state index in [0.717, 1.165) is 5.56 Å². The smallest absolute Gasteiger partial charge is 0.240 e. The quantitative estimate of drug-likeness (QED) is 0.565. The van der Waals surface area contributed by atoms with E-state index in [4.69, 9.17) is 4.18 Å². The molecule has 3 nitrogen and oxygen atoms in total. The fourth-order valence-corrected chi connectivity index (χ4v) is 4.72. The Morgan fingerprint density at radius 2 is 1.25 bits per heavy atom. The third-order valence-electron chi connectivity index (χ3n) is 4.85. The Bertz CT molecular complexity index is 1100. The lowest BCUT2D eigenvalue weighted by Crippen LogP contribution is -2.45. The highest BCUT2D eigenvalue weighted by atomic mass is 32.2. The zero-order valence-corrected chi connectivity index (χ0v) is 15.5. The number of rotatable bonds is 3. The predicted molar refractivity (Wildman–Crippen MR) is 98.2 cm³/mol. The van der Waals surface area contributed by atoms with Crippen molar-refractivity contribution >= 4 is 10.1 Å². The van der Waals surface area contributed by atoms with E-state index in [2.05, 4.69) is 0 Å². The average molecular weight is 404 g/mol. The number of hydrogen-bond donors (Lipinski definition) is 0. The van der Waals surface area contributed by atoms with Gasteiger partial charge in [-0.2, -0.15) is 21.6 Å². The molecule has 0 unspecified atom stereocenters. The standard InChI is InChI=1S/C21H15F3O3S/c1-14-10-12-15(13-11-14)28(25,26)27-20(21(22,23)24)18-8-4-2-6-16(18)17-7-3-5-9-19(17)20/h2-13H,1H3. The first-order valence-electron chi connectivity index (χ1n) is 8.45. The van der Waals surface area contributed by atoms with Crippen LogP contribution in [0.2, 0.25) is 0 Å². The van der Waals surface area contributed by atoms with Crippen LogP contribution in [0.4, 0.5) is 13.2 Å². The average Bonchev–Trinajstić information content (AvgIpc) is 2.93. The number of benzene rings is 3. The molecule has 0 N–H and O–H groups in total. The second-order valence-corrected chi connectivity index (χ2v) is 8.17. The molecule has 0 saturated carbocycles. The predicted octanol–water partition coefficient (Wildman–Crippen LogP) is 5.19. The largest absolute Gasteiger partial charge is 0.427 e. The Balaban J connectivity index is 1.98. The maximum Gasteiger partial charge on any atom is 0.427 e. The van der Waals surface area contributed by atoms with Gasteiger partial charge in [-0.25, -0.2) is 4.18 Å². The highest BCUT2D eigenvalue weighted by Crippen LogP contribution is 2.58. The van der Waals surface area contributed by atoms with E-state index >= 15 is 0 Å². The molecule has 3 aromatic rings. The van der Waals surface area contributed by atoms with Gasteiger partial charge in [0.2, 0.25) is 5.60 Å². The third-order valence-corrected chi connectivity index (χ3v) is 6.17.